The first-order chi connectivity index (χ1) is 13.2. The van der Waals surface area contributed by atoms with E-state index in [0.717, 1.165) is 0 Å². The SMILES string of the molecule is C[C@]12CCC(=O)C(C(F)(F)F)=C1CC[C@@H]1[C@H]2CC[C@@]2(C)[C@H]1CCC2(O)C(F)(F)F. The van der Waals surface area contributed by atoms with E-state index in [1.165, 1.54) is 6.92 Å². The quantitative estimate of drug-likeness (QED) is 0.503. The molecule has 4 aliphatic rings. The fourth-order valence-corrected chi connectivity index (χ4v) is 7.53. The number of hydrogen-bond acceptors (Lipinski definition) is 2. The number of carbonyl (C=O) groups is 1. The molecule has 3 saturated carbocycles. The second kappa shape index (κ2) is 6.01. The predicted molar refractivity (Wildman–Crippen MR) is 92.7 cm³/mol. The minimum atomic E-state index is -4.73. The Labute approximate surface area is 165 Å². The summed E-state index contributed by atoms with van der Waals surface area (Å²) in [5.41, 5.74) is -5.73. The van der Waals surface area contributed by atoms with Crippen molar-refractivity contribution in [2.24, 2.45) is 28.6 Å². The molecular formula is C21H26F6O2. The van der Waals surface area contributed by atoms with Gasteiger partial charge in [0.05, 0.1) is 5.57 Å². The summed E-state index contributed by atoms with van der Waals surface area (Å²) in [6.45, 7) is 3.28. The second-order valence-corrected chi connectivity index (χ2v) is 9.96. The highest BCUT2D eigenvalue weighted by atomic mass is 19.4. The number of ketones is 1. The van der Waals surface area contributed by atoms with Crippen molar-refractivity contribution in [3.63, 3.8) is 0 Å². The van der Waals surface area contributed by atoms with Gasteiger partial charge >= 0.3 is 12.4 Å². The number of allylic oxidation sites excluding steroid dienone is 1. The maximum absolute atomic E-state index is 13.7. The average molecular weight is 424 g/mol. The highest BCUT2D eigenvalue weighted by molar-refractivity contribution is 5.98. The Bertz CT molecular complexity index is 768. The second-order valence-electron chi connectivity index (χ2n) is 9.96. The highest BCUT2D eigenvalue weighted by Crippen LogP contribution is 2.70. The largest absolute Gasteiger partial charge is 0.419 e. The third kappa shape index (κ3) is 2.62. The predicted octanol–water partition coefficient (Wildman–Crippen LogP) is 5.74. The van der Waals surface area contributed by atoms with Gasteiger partial charge in [0.25, 0.3) is 0 Å². The molecule has 2 nitrogen and oxygen atoms in total. The minimum absolute atomic E-state index is 0.0925. The molecule has 4 aliphatic carbocycles. The Kier molecular flexibility index (Phi) is 4.39. The summed E-state index contributed by atoms with van der Waals surface area (Å²) in [4.78, 5) is 12.1. The summed E-state index contributed by atoms with van der Waals surface area (Å²) < 4.78 is 82.1. The van der Waals surface area contributed by atoms with Gasteiger partial charge in [-0.2, -0.15) is 26.3 Å². The van der Waals surface area contributed by atoms with E-state index in [9.17, 15) is 36.2 Å². The normalized spacial score (nSPS) is 45.7. The number of fused-ring (bicyclic) bond motifs is 5. The smallest absolute Gasteiger partial charge is 0.380 e. The van der Waals surface area contributed by atoms with Gasteiger partial charge in [0.2, 0.25) is 0 Å². The fraction of sp³-hybridized carbons (Fsp3) is 0.857. The first kappa shape index (κ1) is 21.2. The monoisotopic (exact) mass is 424 g/mol. The molecule has 1 N–H and O–H groups in total. The van der Waals surface area contributed by atoms with Crippen molar-refractivity contribution in [3.05, 3.63) is 11.1 Å². The van der Waals surface area contributed by atoms with Gasteiger partial charge in [0, 0.05) is 11.8 Å². The van der Waals surface area contributed by atoms with Crippen molar-refractivity contribution in [1.29, 1.82) is 0 Å². The maximum Gasteiger partial charge on any atom is 0.419 e. The van der Waals surface area contributed by atoms with Crippen molar-refractivity contribution in [1.82, 2.24) is 0 Å². The van der Waals surface area contributed by atoms with Gasteiger partial charge in [-0.3, -0.25) is 4.79 Å². The van der Waals surface area contributed by atoms with Gasteiger partial charge in [-0.15, -0.1) is 0 Å². The number of alkyl halides is 6. The number of hydrogen-bond donors (Lipinski definition) is 1. The van der Waals surface area contributed by atoms with Crippen LogP contribution in [-0.2, 0) is 4.79 Å². The van der Waals surface area contributed by atoms with Gasteiger partial charge in [-0.05, 0) is 73.7 Å². The van der Waals surface area contributed by atoms with Crippen molar-refractivity contribution >= 4 is 5.78 Å². The molecule has 6 atom stereocenters. The summed E-state index contributed by atoms with van der Waals surface area (Å²) in [6.07, 6.45) is -8.50. The molecule has 0 aromatic heterocycles. The molecule has 0 spiro atoms. The summed E-state index contributed by atoms with van der Waals surface area (Å²) in [6, 6.07) is 0. The summed E-state index contributed by atoms with van der Waals surface area (Å²) in [5.74, 6) is -1.60. The van der Waals surface area contributed by atoms with Crippen molar-refractivity contribution < 1.29 is 36.2 Å². The zero-order chi connectivity index (χ0) is 21.6. The molecule has 29 heavy (non-hydrogen) atoms. The van der Waals surface area contributed by atoms with E-state index in [-0.39, 0.29) is 55.4 Å². The van der Waals surface area contributed by atoms with Gasteiger partial charge in [0.1, 0.15) is 0 Å². The Morgan fingerprint density at radius 1 is 0.897 bits per heavy atom. The molecule has 164 valence electrons. The van der Waals surface area contributed by atoms with Crippen LogP contribution >= 0.6 is 0 Å². The van der Waals surface area contributed by atoms with Gasteiger partial charge in [-0.1, -0.05) is 13.8 Å². The Morgan fingerprint density at radius 3 is 2.10 bits per heavy atom. The van der Waals surface area contributed by atoms with Gasteiger partial charge in [0.15, 0.2) is 11.4 Å². The number of Topliss-reactive ketones (excluding diaryl/α,β-unsaturated/α-hetero) is 1. The van der Waals surface area contributed by atoms with E-state index >= 15 is 0 Å². The van der Waals surface area contributed by atoms with Crippen LogP contribution in [0.25, 0.3) is 0 Å². The third-order valence-electron chi connectivity index (χ3n) is 9.03. The molecular weight excluding hydrogens is 398 g/mol. The molecule has 4 rings (SSSR count). The lowest BCUT2D eigenvalue weighted by Crippen LogP contribution is -2.60. The van der Waals surface area contributed by atoms with E-state index in [1.807, 2.05) is 0 Å². The van der Waals surface area contributed by atoms with E-state index in [0.29, 0.717) is 19.3 Å². The van der Waals surface area contributed by atoms with E-state index < -0.39 is 40.1 Å². The van der Waals surface area contributed by atoms with Gasteiger partial charge in [-0.25, -0.2) is 0 Å². The van der Waals surface area contributed by atoms with E-state index in [1.54, 1.807) is 6.92 Å². The van der Waals surface area contributed by atoms with Crippen LogP contribution in [0.15, 0.2) is 11.1 Å². The van der Waals surface area contributed by atoms with Crippen molar-refractivity contribution in [3.8, 4) is 0 Å². The fourth-order valence-electron chi connectivity index (χ4n) is 7.53. The molecule has 1 unspecified atom stereocenters. The van der Waals surface area contributed by atoms with Crippen molar-refractivity contribution in [2.75, 3.05) is 0 Å². The van der Waals surface area contributed by atoms with Crippen LogP contribution < -0.4 is 0 Å². The van der Waals surface area contributed by atoms with Crippen LogP contribution in [0.5, 0.6) is 0 Å². The van der Waals surface area contributed by atoms with Crippen LogP contribution in [0.3, 0.4) is 0 Å². The highest BCUT2D eigenvalue weighted by Gasteiger charge is 2.72. The van der Waals surface area contributed by atoms with Crippen LogP contribution in [0.1, 0.15) is 65.2 Å². The first-order valence-electron chi connectivity index (χ1n) is 10.3. The molecule has 0 aromatic rings. The molecule has 0 heterocycles. The summed E-state index contributed by atoms with van der Waals surface area (Å²) in [7, 11) is 0. The number of carbonyl (C=O) groups excluding carboxylic acids is 1. The lowest BCUT2D eigenvalue weighted by atomic mass is 9.46. The third-order valence-corrected chi connectivity index (χ3v) is 9.03. The Hall–Kier alpha value is -1.05. The lowest BCUT2D eigenvalue weighted by Gasteiger charge is -2.59. The van der Waals surface area contributed by atoms with Crippen LogP contribution in [0, 0.1) is 28.6 Å². The van der Waals surface area contributed by atoms with E-state index in [2.05, 4.69) is 0 Å². The molecule has 3 fully saturated rings. The number of rotatable bonds is 0. The molecule has 8 heteroatoms. The Balaban J connectivity index is 1.74. The standard InChI is InChI=1S/C21H26F6O2/c1-17-8-7-15(28)16(20(22,23)24)14(17)4-3-11-12(17)5-9-18(2)13(11)6-10-19(18,29)21(25,26)27/h11-13,29H,3-10H2,1-2H3/t11-,12-,13+,17-,18+,19?/m1/s1. The lowest BCUT2D eigenvalue weighted by molar-refractivity contribution is -0.303. The number of aliphatic hydroxyl groups is 1. The molecule has 0 amide bonds. The van der Waals surface area contributed by atoms with Crippen molar-refractivity contribution in [2.45, 2.75) is 83.2 Å². The molecule has 0 aliphatic heterocycles. The molecule has 0 bridgehead atoms. The first-order valence-corrected chi connectivity index (χ1v) is 10.3. The molecule has 0 radical (unpaired) electrons. The number of halogens is 6. The zero-order valence-corrected chi connectivity index (χ0v) is 16.5. The van der Waals surface area contributed by atoms with Crippen LogP contribution in [0.2, 0.25) is 0 Å². The summed E-state index contributed by atoms with van der Waals surface area (Å²) in [5, 5.41) is 10.6. The average Bonchev–Trinajstić information content (AvgIpc) is 2.87. The van der Waals surface area contributed by atoms with Crippen LogP contribution in [0.4, 0.5) is 26.3 Å². The topological polar surface area (TPSA) is 37.3 Å². The molecule has 0 saturated heterocycles. The van der Waals surface area contributed by atoms with Crippen LogP contribution in [-0.4, -0.2) is 28.8 Å². The van der Waals surface area contributed by atoms with Gasteiger partial charge < -0.3 is 5.11 Å². The van der Waals surface area contributed by atoms with E-state index in [4.69, 9.17) is 0 Å². The molecule has 0 aromatic carbocycles. The minimum Gasteiger partial charge on any atom is -0.380 e. The zero-order valence-electron chi connectivity index (χ0n) is 16.5. The summed E-state index contributed by atoms with van der Waals surface area (Å²) >= 11 is 0. The Morgan fingerprint density at radius 2 is 1.52 bits per heavy atom. The maximum atomic E-state index is 13.7.